The fraction of sp³-hybridized carbons (Fsp3) is 0.889. The molecule has 51 valence electrons. The first-order valence-electron chi connectivity index (χ1n) is 3.91. The summed E-state index contributed by atoms with van der Waals surface area (Å²) in [4.78, 5) is 0. The highest BCUT2D eigenvalue weighted by atomic mass is 14.7. The fourth-order valence-corrected chi connectivity index (χ4v) is 2.26. The summed E-state index contributed by atoms with van der Waals surface area (Å²) < 4.78 is 0. The van der Waals surface area contributed by atoms with Gasteiger partial charge in [0, 0.05) is 0 Å². The summed E-state index contributed by atoms with van der Waals surface area (Å²) in [5.41, 5.74) is 1.24. The normalized spacial score (nSPS) is 53.0. The van der Waals surface area contributed by atoms with Crippen molar-refractivity contribution in [1.82, 2.24) is 0 Å². The molecule has 0 spiro atoms. The van der Waals surface area contributed by atoms with Crippen molar-refractivity contribution in [3.05, 3.63) is 6.42 Å². The maximum absolute atomic E-state index is 2.50. The van der Waals surface area contributed by atoms with Crippen LogP contribution in [0.15, 0.2) is 0 Å². The van der Waals surface area contributed by atoms with Gasteiger partial charge in [0.05, 0.1) is 0 Å². The summed E-state index contributed by atoms with van der Waals surface area (Å²) in [7, 11) is 0. The maximum Gasteiger partial charge on any atom is -0.0240 e. The van der Waals surface area contributed by atoms with E-state index in [0.29, 0.717) is 10.8 Å². The fourth-order valence-electron chi connectivity index (χ4n) is 2.26. The monoisotopic (exact) mass is 123 g/mol. The Morgan fingerprint density at radius 3 is 2.11 bits per heavy atom. The molecule has 0 aromatic carbocycles. The lowest BCUT2D eigenvalue weighted by Gasteiger charge is -2.26. The average molecular weight is 123 g/mol. The van der Waals surface area contributed by atoms with Crippen molar-refractivity contribution in [2.45, 2.75) is 33.6 Å². The average Bonchev–Trinajstić information content (AvgIpc) is 2.34. The Bertz CT molecular complexity index is 141. The summed E-state index contributed by atoms with van der Waals surface area (Å²) in [6, 6.07) is 0. The summed E-state index contributed by atoms with van der Waals surface area (Å²) in [6.45, 7) is 7.18. The van der Waals surface area contributed by atoms with Crippen molar-refractivity contribution in [1.29, 1.82) is 0 Å². The van der Waals surface area contributed by atoms with Crippen LogP contribution in [0.3, 0.4) is 0 Å². The quantitative estimate of drug-likeness (QED) is 0.464. The minimum absolute atomic E-state index is 0.539. The van der Waals surface area contributed by atoms with E-state index in [1.54, 1.807) is 0 Å². The number of fused-ring (bicyclic) bond motifs is 1. The molecule has 9 heavy (non-hydrogen) atoms. The van der Waals surface area contributed by atoms with E-state index in [9.17, 15) is 0 Å². The highest BCUT2D eigenvalue weighted by Crippen LogP contribution is 2.71. The van der Waals surface area contributed by atoms with Gasteiger partial charge in [-0.2, -0.15) is 0 Å². The predicted octanol–water partition coefficient (Wildman–Crippen LogP) is 2.65. The molecule has 2 saturated carbocycles. The number of hydrogen-bond acceptors (Lipinski definition) is 0. The van der Waals surface area contributed by atoms with Gasteiger partial charge in [-0.3, -0.25) is 0 Å². The van der Waals surface area contributed by atoms with Crippen LogP contribution in [0.2, 0.25) is 0 Å². The van der Waals surface area contributed by atoms with E-state index >= 15 is 0 Å². The van der Waals surface area contributed by atoms with E-state index in [1.165, 1.54) is 12.8 Å². The van der Waals surface area contributed by atoms with Crippen LogP contribution < -0.4 is 0 Å². The van der Waals surface area contributed by atoms with E-state index < -0.39 is 0 Å². The lowest BCUT2D eigenvalue weighted by Crippen LogP contribution is -2.19. The van der Waals surface area contributed by atoms with Crippen molar-refractivity contribution in [3.63, 3.8) is 0 Å². The van der Waals surface area contributed by atoms with Crippen LogP contribution in [0.25, 0.3) is 0 Å². The van der Waals surface area contributed by atoms with Crippen molar-refractivity contribution >= 4 is 0 Å². The molecule has 0 amide bonds. The molecule has 0 aliphatic heterocycles. The molecule has 0 heteroatoms. The van der Waals surface area contributed by atoms with E-state index in [2.05, 4.69) is 27.2 Å². The number of rotatable bonds is 0. The van der Waals surface area contributed by atoms with Gasteiger partial charge in [-0.1, -0.05) is 20.8 Å². The first-order chi connectivity index (χ1) is 4.06. The Morgan fingerprint density at radius 2 is 2.00 bits per heavy atom. The second-order valence-corrected chi connectivity index (χ2v) is 4.48. The molecule has 2 aliphatic rings. The zero-order valence-corrected chi connectivity index (χ0v) is 6.57. The van der Waals surface area contributed by atoms with E-state index in [1.807, 2.05) is 0 Å². The molecule has 0 aromatic rings. The first kappa shape index (κ1) is 5.76. The molecule has 0 N–H and O–H groups in total. The van der Waals surface area contributed by atoms with Crippen molar-refractivity contribution in [2.75, 3.05) is 0 Å². The molecule has 2 rings (SSSR count). The Labute approximate surface area is 57.6 Å². The Balaban J connectivity index is 2.28. The maximum atomic E-state index is 2.50. The topological polar surface area (TPSA) is 0 Å². The predicted molar refractivity (Wildman–Crippen MR) is 38.9 cm³/mol. The van der Waals surface area contributed by atoms with Crippen LogP contribution in [-0.2, 0) is 0 Å². The molecule has 1 radical (unpaired) electrons. The van der Waals surface area contributed by atoms with Gasteiger partial charge in [-0.05, 0) is 36.0 Å². The van der Waals surface area contributed by atoms with Gasteiger partial charge in [-0.15, -0.1) is 0 Å². The van der Waals surface area contributed by atoms with E-state index in [0.717, 1.165) is 5.92 Å². The molecule has 2 aliphatic carbocycles. The molecule has 0 aromatic heterocycles. The Morgan fingerprint density at radius 1 is 1.33 bits per heavy atom. The largest absolute Gasteiger partial charge is 0.0591 e. The van der Waals surface area contributed by atoms with Gasteiger partial charge >= 0.3 is 0 Å². The van der Waals surface area contributed by atoms with Crippen molar-refractivity contribution < 1.29 is 0 Å². The molecule has 0 bridgehead atoms. The second kappa shape index (κ2) is 1.21. The van der Waals surface area contributed by atoms with Crippen molar-refractivity contribution in [3.8, 4) is 0 Å². The van der Waals surface area contributed by atoms with Crippen LogP contribution in [0.4, 0.5) is 0 Å². The summed E-state index contributed by atoms with van der Waals surface area (Å²) >= 11 is 0. The van der Waals surface area contributed by atoms with Crippen LogP contribution in [0.5, 0.6) is 0 Å². The summed E-state index contributed by atoms with van der Waals surface area (Å²) in [5.74, 6) is 1.05. The SMILES string of the molecule is CC1(C)[CH]CC2CC21C. The molecular weight excluding hydrogens is 108 g/mol. The Hall–Kier alpha value is 0. The van der Waals surface area contributed by atoms with Gasteiger partial charge in [0.15, 0.2) is 0 Å². The highest BCUT2D eigenvalue weighted by Gasteiger charge is 2.63. The molecule has 2 unspecified atom stereocenters. The minimum Gasteiger partial charge on any atom is -0.0591 e. The third kappa shape index (κ3) is 0.500. The summed E-state index contributed by atoms with van der Waals surface area (Å²) in [6.07, 6.45) is 5.36. The molecule has 0 nitrogen and oxygen atoms in total. The standard InChI is InChI=1S/C9H15/c1-8(2)5-4-7-6-9(7,8)3/h5,7H,4,6H2,1-3H3. The van der Waals surface area contributed by atoms with Gasteiger partial charge in [0.2, 0.25) is 0 Å². The molecule has 0 heterocycles. The third-order valence-electron chi connectivity index (χ3n) is 3.80. The lowest BCUT2D eigenvalue weighted by molar-refractivity contribution is 0.276. The zero-order valence-electron chi connectivity index (χ0n) is 6.57. The second-order valence-electron chi connectivity index (χ2n) is 4.48. The van der Waals surface area contributed by atoms with Crippen LogP contribution >= 0.6 is 0 Å². The lowest BCUT2D eigenvalue weighted by atomic mass is 9.78. The minimum atomic E-state index is 0.539. The van der Waals surface area contributed by atoms with E-state index in [-0.39, 0.29) is 0 Å². The first-order valence-corrected chi connectivity index (χ1v) is 3.91. The van der Waals surface area contributed by atoms with E-state index in [4.69, 9.17) is 0 Å². The van der Waals surface area contributed by atoms with Crippen LogP contribution in [0, 0.1) is 23.2 Å². The molecule has 0 saturated heterocycles. The smallest absolute Gasteiger partial charge is 0.0240 e. The molecular formula is C9H15. The van der Waals surface area contributed by atoms with Gasteiger partial charge in [0.1, 0.15) is 0 Å². The van der Waals surface area contributed by atoms with Gasteiger partial charge < -0.3 is 0 Å². The highest BCUT2D eigenvalue weighted by molar-refractivity contribution is 5.19. The van der Waals surface area contributed by atoms with Crippen LogP contribution in [-0.4, -0.2) is 0 Å². The summed E-state index contributed by atoms with van der Waals surface area (Å²) in [5, 5.41) is 0. The number of hydrogen-bond donors (Lipinski definition) is 0. The molecule has 2 fully saturated rings. The molecule has 2 atom stereocenters. The Kier molecular flexibility index (Phi) is 0.774. The van der Waals surface area contributed by atoms with Gasteiger partial charge in [-0.25, -0.2) is 0 Å². The third-order valence-corrected chi connectivity index (χ3v) is 3.80. The van der Waals surface area contributed by atoms with Gasteiger partial charge in [0.25, 0.3) is 0 Å². The zero-order chi connectivity index (χ0) is 6.70. The van der Waals surface area contributed by atoms with Crippen molar-refractivity contribution in [2.24, 2.45) is 16.7 Å². The van der Waals surface area contributed by atoms with Crippen LogP contribution in [0.1, 0.15) is 33.6 Å².